The number of fused-ring (bicyclic) bond motifs is 1. The summed E-state index contributed by atoms with van der Waals surface area (Å²) < 4.78 is 15.6. The number of methoxy groups -OCH3 is 1. The van der Waals surface area contributed by atoms with Gasteiger partial charge >= 0.3 is 0 Å². The van der Waals surface area contributed by atoms with Crippen LogP contribution < -0.4 is 9.47 Å². The molecule has 140 valence electrons. The smallest absolute Gasteiger partial charge is 0.168 e. The highest BCUT2D eigenvalue weighted by molar-refractivity contribution is 5.84. The topological polar surface area (TPSA) is 67.0 Å². The zero-order valence-corrected chi connectivity index (χ0v) is 15.8. The fourth-order valence-corrected chi connectivity index (χ4v) is 3.47. The summed E-state index contributed by atoms with van der Waals surface area (Å²) in [6.45, 7) is 5.60. The molecule has 0 amide bonds. The quantitative estimate of drug-likeness (QED) is 0.669. The van der Waals surface area contributed by atoms with Gasteiger partial charge in [-0.15, -0.1) is 10.2 Å². The molecule has 1 aliphatic rings. The summed E-state index contributed by atoms with van der Waals surface area (Å²) in [7, 11) is 1.65. The SMILES string of the molecule is CCCn1cnnc1C(C)n1ccnc1C1=Cc2cccc(OC)c2OC1. The van der Waals surface area contributed by atoms with Crippen LogP contribution in [0.1, 0.15) is 43.5 Å². The third-order valence-corrected chi connectivity index (χ3v) is 4.79. The second-order valence-electron chi connectivity index (χ2n) is 6.55. The van der Waals surface area contributed by atoms with E-state index in [0.717, 1.165) is 47.2 Å². The van der Waals surface area contributed by atoms with Crippen LogP contribution in [0.15, 0.2) is 36.9 Å². The second-order valence-corrected chi connectivity index (χ2v) is 6.55. The fraction of sp³-hybridized carbons (Fsp3) is 0.350. The molecule has 7 heteroatoms. The molecule has 7 nitrogen and oxygen atoms in total. The van der Waals surface area contributed by atoms with Crippen LogP contribution in [0.25, 0.3) is 11.6 Å². The van der Waals surface area contributed by atoms with E-state index in [4.69, 9.17) is 9.47 Å². The molecule has 1 aromatic carbocycles. The number of ether oxygens (including phenoxy) is 2. The average Bonchev–Trinajstić information content (AvgIpc) is 3.36. The number of aryl methyl sites for hydroxylation is 1. The monoisotopic (exact) mass is 365 g/mol. The molecule has 0 bridgehead atoms. The molecular weight excluding hydrogens is 342 g/mol. The summed E-state index contributed by atoms with van der Waals surface area (Å²) >= 11 is 0. The molecule has 0 aliphatic carbocycles. The van der Waals surface area contributed by atoms with E-state index in [2.05, 4.69) is 44.2 Å². The predicted octanol–water partition coefficient (Wildman–Crippen LogP) is 3.44. The molecule has 0 saturated heterocycles. The highest BCUT2D eigenvalue weighted by Gasteiger charge is 2.23. The van der Waals surface area contributed by atoms with E-state index >= 15 is 0 Å². The van der Waals surface area contributed by atoms with E-state index in [1.165, 1.54) is 0 Å². The first-order chi connectivity index (χ1) is 13.2. The number of benzene rings is 1. The van der Waals surface area contributed by atoms with Crippen molar-refractivity contribution in [2.24, 2.45) is 0 Å². The molecule has 27 heavy (non-hydrogen) atoms. The molecule has 0 fully saturated rings. The van der Waals surface area contributed by atoms with Gasteiger partial charge in [0.2, 0.25) is 0 Å². The van der Waals surface area contributed by atoms with Crippen molar-refractivity contribution >= 4 is 11.6 Å². The van der Waals surface area contributed by atoms with Crippen molar-refractivity contribution in [1.29, 1.82) is 0 Å². The molecular formula is C20H23N5O2. The van der Waals surface area contributed by atoms with E-state index in [1.54, 1.807) is 13.4 Å². The van der Waals surface area contributed by atoms with Crippen molar-refractivity contribution < 1.29 is 9.47 Å². The Morgan fingerprint density at radius 3 is 3.04 bits per heavy atom. The van der Waals surface area contributed by atoms with Crippen LogP contribution in [0, 0.1) is 0 Å². The van der Waals surface area contributed by atoms with Crippen molar-refractivity contribution in [2.45, 2.75) is 32.9 Å². The molecule has 3 aromatic rings. The lowest BCUT2D eigenvalue weighted by molar-refractivity contribution is 0.326. The number of hydrogen-bond acceptors (Lipinski definition) is 5. The normalized spacial score (nSPS) is 14.3. The van der Waals surface area contributed by atoms with Gasteiger partial charge < -0.3 is 18.6 Å². The van der Waals surface area contributed by atoms with Crippen molar-refractivity contribution in [1.82, 2.24) is 24.3 Å². The Bertz CT molecular complexity index is 972. The minimum Gasteiger partial charge on any atom is -0.493 e. The van der Waals surface area contributed by atoms with E-state index in [-0.39, 0.29) is 6.04 Å². The number of nitrogens with zero attached hydrogens (tertiary/aromatic N) is 5. The van der Waals surface area contributed by atoms with Gasteiger partial charge in [0, 0.05) is 30.1 Å². The Labute approximate surface area is 158 Å². The molecule has 3 heterocycles. The van der Waals surface area contributed by atoms with E-state index < -0.39 is 0 Å². The lowest BCUT2D eigenvalue weighted by Gasteiger charge is -2.22. The largest absolute Gasteiger partial charge is 0.493 e. The standard InChI is InChI=1S/C20H23N5O2/c1-4-9-24-13-22-23-19(24)14(2)25-10-8-21-20(25)16-11-15-6-5-7-17(26-3)18(15)27-12-16/h5-8,10-11,13-14H,4,9,12H2,1-3H3. The number of aromatic nitrogens is 5. The van der Waals surface area contributed by atoms with Gasteiger partial charge in [0.1, 0.15) is 18.8 Å². The van der Waals surface area contributed by atoms with Gasteiger partial charge in [0.25, 0.3) is 0 Å². The summed E-state index contributed by atoms with van der Waals surface area (Å²) in [6.07, 6.45) is 8.73. The Balaban J connectivity index is 1.70. The fourth-order valence-electron chi connectivity index (χ4n) is 3.47. The lowest BCUT2D eigenvalue weighted by atomic mass is 10.1. The summed E-state index contributed by atoms with van der Waals surface area (Å²) in [5, 5.41) is 8.42. The highest BCUT2D eigenvalue weighted by atomic mass is 16.5. The van der Waals surface area contributed by atoms with Crippen LogP contribution in [0.4, 0.5) is 0 Å². The lowest BCUT2D eigenvalue weighted by Crippen LogP contribution is -2.17. The maximum absolute atomic E-state index is 5.99. The highest BCUT2D eigenvalue weighted by Crippen LogP contribution is 2.37. The molecule has 1 atom stereocenters. The van der Waals surface area contributed by atoms with Crippen LogP contribution in [-0.4, -0.2) is 38.0 Å². The Morgan fingerprint density at radius 2 is 2.22 bits per heavy atom. The third-order valence-electron chi connectivity index (χ3n) is 4.79. The van der Waals surface area contributed by atoms with Gasteiger partial charge in [0.05, 0.1) is 13.2 Å². The van der Waals surface area contributed by atoms with Gasteiger partial charge in [-0.3, -0.25) is 0 Å². The minimum atomic E-state index is 0.0177. The second kappa shape index (κ2) is 7.26. The zero-order valence-electron chi connectivity index (χ0n) is 15.8. The first-order valence-corrected chi connectivity index (χ1v) is 9.14. The molecule has 0 radical (unpaired) electrons. The van der Waals surface area contributed by atoms with Crippen molar-refractivity contribution in [3.63, 3.8) is 0 Å². The summed E-state index contributed by atoms with van der Waals surface area (Å²) in [5.41, 5.74) is 2.01. The van der Waals surface area contributed by atoms with E-state index in [1.807, 2.05) is 30.6 Å². The van der Waals surface area contributed by atoms with E-state index in [9.17, 15) is 0 Å². The van der Waals surface area contributed by atoms with Gasteiger partial charge in [-0.1, -0.05) is 19.1 Å². The zero-order chi connectivity index (χ0) is 18.8. The number of hydrogen-bond donors (Lipinski definition) is 0. The molecule has 1 aliphatic heterocycles. The molecule has 4 rings (SSSR count). The van der Waals surface area contributed by atoms with E-state index in [0.29, 0.717) is 6.61 Å². The van der Waals surface area contributed by atoms with Gasteiger partial charge in [-0.05, 0) is 25.5 Å². The molecule has 0 saturated carbocycles. The number of rotatable bonds is 6. The van der Waals surface area contributed by atoms with Crippen molar-refractivity contribution in [3.05, 3.63) is 54.1 Å². The van der Waals surface area contributed by atoms with Gasteiger partial charge in [0.15, 0.2) is 17.3 Å². The van der Waals surface area contributed by atoms with Crippen LogP contribution in [0.2, 0.25) is 0 Å². The maximum Gasteiger partial charge on any atom is 0.168 e. The first kappa shape index (κ1) is 17.3. The van der Waals surface area contributed by atoms with Crippen molar-refractivity contribution in [3.8, 4) is 11.5 Å². The molecule has 1 unspecified atom stereocenters. The first-order valence-electron chi connectivity index (χ1n) is 9.14. The Hall–Kier alpha value is -3.09. The van der Waals surface area contributed by atoms with Crippen LogP contribution in [0.5, 0.6) is 11.5 Å². The van der Waals surface area contributed by atoms with Crippen LogP contribution in [0.3, 0.4) is 0 Å². The van der Waals surface area contributed by atoms with Crippen LogP contribution in [-0.2, 0) is 6.54 Å². The average molecular weight is 365 g/mol. The Morgan fingerprint density at radius 1 is 1.33 bits per heavy atom. The third kappa shape index (κ3) is 3.09. The number of para-hydroxylation sites is 1. The van der Waals surface area contributed by atoms with Gasteiger partial charge in [-0.2, -0.15) is 0 Å². The minimum absolute atomic E-state index is 0.0177. The molecule has 0 spiro atoms. The molecule has 2 aromatic heterocycles. The predicted molar refractivity (Wildman–Crippen MR) is 103 cm³/mol. The van der Waals surface area contributed by atoms with Gasteiger partial charge in [-0.25, -0.2) is 4.98 Å². The summed E-state index contributed by atoms with van der Waals surface area (Å²) in [6, 6.07) is 5.90. The Kier molecular flexibility index (Phi) is 4.66. The maximum atomic E-state index is 5.99. The van der Waals surface area contributed by atoms with Crippen LogP contribution >= 0.6 is 0 Å². The van der Waals surface area contributed by atoms with Crippen molar-refractivity contribution in [2.75, 3.05) is 13.7 Å². The summed E-state index contributed by atoms with van der Waals surface area (Å²) in [5.74, 6) is 3.32. The molecule has 0 N–H and O–H groups in total. The summed E-state index contributed by atoms with van der Waals surface area (Å²) in [4.78, 5) is 4.59. The number of imidazole rings is 1.